The number of carbonyl (C=O) groups is 1. The molecule has 0 amide bonds. The van der Waals surface area contributed by atoms with E-state index in [4.69, 9.17) is 15.0 Å². The van der Waals surface area contributed by atoms with Crippen molar-refractivity contribution in [2.75, 3.05) is 18.1 Å². The Balaban J connectivity index is 2.79. The third-order valence-electron chi connectivity index (χ3n) is 1.89. The molecular formula is C9H9Br2NO5S. The molecule has 0 saturated heterocycles. The molecule has 0 spiro atoms. The first-order chi connectivity index (χ1) is 8.20. The first-order valence-corrected chi connectivity index (χ1v) is 7.77. The lowest BCUT2D eigenvalue weighted by Gasteiger charge is -2.08. The average molecular weight is 403 g/mol. The number of ether oxygens (including phenoxy) is 1. The number of benzene rings is 1. The van der Waals surface area contributed by atoms with Gasteiger partial charge in [0.2, 0.25) is 0 Å². The number of hydrogen-bond donors (Lipinski definition) is 2. The Bertz CT molecular complexity index is 573. The SMILES string of the molecule is Nc1c(Br)cc(Br)cc1C(=O)OCCS(=O)(=O)O. The van der Waals surface area contributed by atoms with Gasteiger partial charge in [0.25, 0.3) is 10.1 Å². The van der Waals surface area contributed by atoms with Crippen LogP contribution in [0.3, 0.4) is 0 Å². The highest BCUT2D eigenvalue weighted by Gasteiger charge is 2.15. The van der Waals surface area contributed by atoms with Gasteiger partial charge in [0.1, 0.15) is 12.4 Å². The molecule has 0 heterocycles. The summed E-state index contributed by atoms with van der Waals surface area (Å²) in [5.41, 5.74) is 5.97. The quantitative estimate of drug-likeness (QED) is 0.452. The minimum atomic E-state index is -4.16. The van der Waals surface area contributed by atoms with Gasteiger partial charge < -0.3 is 10.5 Å². The molecule has 0 unspecified atom stereocenters. The Morgan fingerprint density at radius 1 is 1.39 bits per heavy atom. The summed E-state index contributed by atoms with van der Waals surface area (Å²) in [5.74, 6) is -1.42. The largest absolute Gasteiger partial charge is 0.461 e. The summed E-state index contributed by atoms with van der Waals surface area (Å²) < 4.78 is 35.2. The highest BCUT2D eigenvalue weighted by molar-refractivity contribution is 9.11. The molecule has 9 heteroatoms. The van der Waals surface area contributed by atoms with Gasteiger partial charge in [0.15, 0.2) is 0 Å². The van der Waals surface area contributed by atoms with Crippen molar-refractivity contribution in [2.24, 2.45) is 0 Å². The predicted molar refractivity (Wildman–Crippen MR) is 73.0 cm³/mol. The van der Waals surface area contributed by atoms with Crippen LogP contribution in [-0.2, 0) is 14.9 Å². The van der Waals surface area contributed by atoms with Gasteiger partial charge in [0, 0.05) is 8.95 Å². The molecule has 0 radical (unpaired) electrons. The highest BCUT2D eigenvalue weighted by Crippen LogP contribution is 2.28. The minimum absolute atomic E-state index is 0.103. The van der Waals surface area contributed by atoms with Gasteiger partial charge >= 0.3 is 5.97 Å². The summed E-state index contributed by atoms with van der Waals surface area (Å²) in [5, 5.41) is 0. The first kappa shape index (κ1) is 15.4. The number of esters is 1. The van der Waals surface area contributed by atoms with E-state index in [1.54, 1.807) is 6.07 Å². The van der Waals surface area contributed by atoms with Crippen LogP contribution in [-0.4, -0.2) is 31.3 Å². The van der Waals surface area contributed by atoms with Crippen LogP contribution in [0.4, 0.5) is 5.69 Å². The summed E-state index contributed by atoms with van der Waals surface area (Å²) in [4.78, 5) is 11.6. The average Bonchev–Trinajstić information content (AvgIpc) is 2.21. The van der Waals surface area contributed by atoms with Crippen LogP contribution in [0.15, 0.2) is 21.1 Å². The van der Waals surface area contributed by atoms with Gasteiger partial charge in [-0.05, 0) is 28.1 Å². The van der Waals surface area contributed by atoms with E-state index in [1.165, 1.54) is 6.07 Å². The van der Waals surface area contributed by atoms with E-state index in [0.29, 0.717) is 8.95 Å². The maximum Gasteiger partial charge on any atom is 0.340 e. The third-order valence-corrected chi connectivity index (χ3v) is 3.69. The zero-order chi connectivity index (χ0) is 13.9. The minimum Gasteiger partial charge on any atom is -0.461 e. The van der Waals surface area contributed by atoms with Crippen molar-refractivity contribution in [1.29, 1.82) is 0 Å². The zero-order valence-corrected chi connectivity index (χ0v) is 12.9. The fourth-order valence-corrected chi connectivity index (χ4v) is 2.59. The Labute approximate surface area is 121 Å². The first-order valence-electron chi connectivity index (χ1n) is 4.57. The van der Waals surface area contributed by atoms with Crippen molar-refractivity contribution in [3.63, 3.8) is 0 Å². The number of carbonyl (C=O) groups excluding carboxylic acids is 1. The zero-order valence-electron chi connectivity index (χ0n) is 8.89. The van der Waals surface area contributed by atoms with Crippen molar-refractivity contribution in [3.8, 4) is 0 Å². The molecule has 0 aliphatic heterocycles. The second-order valence-corrected chi connectivity index (χ2v) is 6.61. The van der Waals surface area contributed by atoms with Crippen molar-refractivity contribution in [3.05, 3.63) is 26.6 Å². The van der Waals surface area contributed by atoms with Crippen LogP contribution in [0.25, 0.3) is 0 Å². The number of rotatable bonds is 4. The smallest absolute Gasteiger partial charge is 0.340 e. The molecule has 0 aliphatic rings. The van der Waals surface area contributed by atoms with Crippen LogP contribution in [0.1, 0.15) is 10.4 Å². The molecule has 6 nitrogen and oxygen atoms in total. The maximum atomic E-state index is 11.6. The van der Waals surface area contributed by atoms with Crippen LogP contribution in [0, 0.1) is 0 Å². The lowest BCUT2D eigenvalue weighted by Crippen LogP contribution is -2.15. The molecule has 0 atom stereocenters. The molecule has 1 aromatic rings. The molecule has 0 saturated carbocycles. The van der Waals surface area contributed by atoms with E-state index >= 15 is 0 Å². The summed E-state index contributed by atoms with van der Waals surface area (Å²) >= 11 is 6.35. The molecule has 0 bridgehead atoms. The van der Waals surface area contributed by atoms with Gasteiger partial charge in [-0.15, -0.1) is 0 Å². The van der Waals surface area contributed by atoms with Crippen LogP contribution >= 0.6 is 31.9 Å². The molecule has 100 valence electrons. The van der Waals surface area contributed by atoms with E-state index in [-0.39, 0.29) is 11.3 Å². The van der Waals surface area contributed by atoms with E-state index in [2.05, 4.69) is 31.9 Å². The third kappa shape index (κ3) is 4.56. The molecular weight excluding hydrogens is 394 g/mol. The Morgan fingerprint density at radius 2 is 2.00 bits per heavy atom. The molecule has 1 rings (SSSR count). The summed E-state index contributed by atoms with van der Waals surface area (Å²) in [7, 11) is -4.16. The van der Waals surface area contributed by atoms with Crippen molar-refractivity contribution in [1.82, 2.24) is 0 Å². The lowest BCUT2D eigenvalue weighted by atomic mass is 10.2. The normalized spacial score (nSPS) is 11.3. The Morgan fingerprint density at radius 3 is 2.56 bits per heavy atom. The summed E-state index contributed by atoms with van der Waals surface area (Å²) in [6.07, 6.45) is 0. The summed E-state index contributed by atoms with van der Waals surface area (Å²) in [6, 6.07) is 3.11. The second kappa shape index (κ2) is 6.00. The van der Waals surface area contributed by atoms with Gasteiger partial charge in [-0.1, -0.05) is 15.9 Å². The molecule has 3 N–H and O–H groups in total. The molecule has 0 fully saturated rings. The molecule has 1 aromatic carbocycles. The fourth-order valence-electron chi connectivity index (χ4n) is 1.07. The standard InChI is InChI=1S/C9H9Br2NO5S/c10-5-3-6(8(12)7(11)4-5)9(13)17-1-2-18(14,15)16/h3-4H,1-2,12H2,(H,14,15,16). The van der Waals surface area contributed by atoms with Gasteiger partial charge in [-0.3, -0.25) is 4.55 Å². The number of nitrogen functional groups attached to an aromatic ring is 1. The van der Waals surface area contributed by atoms with E-state index < -0.39 is 28.4 Å². The second-order valence-electron chi connectivity index (χ2n) is 3.27. The van der Waals surface area contributed by atoms with Gasteiger partial charge in [0.05, 0.1) is 11.3 Å². The highest BCUT2D eigenvalue weighted by atomic mass is 79.9. The number of hydrogen-bond acceptors (Lipinski definition) is 5. The molecule has 0 aromatic heterocycles. The van der Waals surface area contributed by atoms with Crippen molar-refractivity contribution < 1.29 is 22.5 Å². The van der Waals surface area contributed by atoms with Crippen LogP contribution in [0.5, 0.6) is 0 Å². The van der Waals surface area contributed by atoms with E-state index in [9.17, 15) is 13.2 Å². The Kier molecular flexibility index (Phi) is 5.14. The maximum absolute atomic E-state index is 11.6. The molecule has 0 aliphatic carbocycles. The van der Waals surface area contributed by atoms with E-state index in [0.717, 1.165) is 0 Å². The lowest BCUT2D eigenvalue weighted by molar-refractivity contribution is 0.0529. The Hall–Kier alpha value is -0.640. The predicted octanol–water partition coefficient (Wildman–Crippen LogP) is 1.84. The van der Waals surface area contributed by atoms with Crippen LogP contribution < -0.4 is 5.73 Å². The monoisotopic (exact) mass is 401 g/mol. The fraction of sp³-hybridized carbons (Fsp3) is 0.222. The van der Waals surface area contributed by atoms with Gasteiger partial charge in [-0.25, -0.2) is 4.79 Å². The number of anilines is 1. The van der Waals surface area contributed by atoms with Crippen molar-refractivity contribution >= 4 is 53.6 Å². The number of halogens is 2. The molecule has 18 heavy (non-hydrogen) atoms. The van der Waals surface area contributed by atoms with Gasteiger partial charge in [-0.2, -0.15) is 8.42 Å². The topological polar surface area (TPSA) is 107 Å². The van der Waals surface area contributed by atoms with Crippen molar-refractivity contribution in [2.45, 2.75) is 0 Å². The summed E-state index contributed by atoms with van der Waals surface area (Å²) in [6.45, 7) is -0.443. The van der Waals surface area contributed by atoms with Crippen LogP contribution in [0.2, 0.25) is 0 Å². The van der Waals surface area contributed by atoms with E-state index in [1.807, 2.05) is 0 Å². The number of nitrogens with two attached hydrogens (primary N) is 1.